The summed E-state index contributed by atoms with van der Waals surface area (Å²) in [5.74, 6) is -5.45. The molecule has 0 aromatic heterocycles. The number of carbonyl (C=O) groups is 4. The van der Waals surface area contributed by atoms with Crippen molar-refractivity contribution in [3.63, 3.8) is 0 Å². The fourth-order valence-electron chi connectivity index (χ4n) is 6.00. The Morgan fingerprint density at radius 2 is 1.01 bits per heavy atom. The number of rotatable bonds is 12. The van der Waals surface area contributed by atoms with Gasteiger partial charge in [0, 0.05) is 71.9 Å². The Bertz CT molecular complexity index is 3520. The third-order valence-electron chi connectivity index (χ3n) is 8.95. The molecule has 0 radical (unpaired) electrons. The van der Waals surface area contributed by atoms with Gasteiger partial charge < -0.3 is 20.8 Å². The Labute approximate surface area is 415 Å². The van der Waals surface area contributed by atoms with Crippen LogP contribution in [0.3, 0.4) is 0 Å². The molecular formula is C36H33CrN8O22S4+5. The topological polar surface area (TPSA) is 485 Å². The molecule has 374 valence electrons. The van der Waals surface area contributed by atoms with Gasteiger partial charge >= 0.3 is 12.8 Å². The molecule has 0 fully saturated rings. The van der Waals surface area contributed by atoms with Crippen LogP contribution in [0.25, 0.3) is 12.2 Å². The van der Waals surface area contributed by atoms with E-state index >= 15 is 0 Å². The van der Waals surface area contributed by atoms with Crippen LogP contribution in [0.15, 0.2) is 90.5 Å². The average Bonchev–Trinajstić information content (AvgIpc) is 3.22. The van der Waals surface area contributed by atoms with Gasteiger partial charge in [-0.25, -0.2) is 0 Å². The predicted octanol–water partition coefficient (Wildman–Crippen LogP) is 3.36. The number of fused-ring (bicyclic) bond motifs is 2. The fourth-order valence-corrected chi connectivity index (χ4v) is 8.47. The Kier molecular flexibility index (Phi) is 16.2. The maximum atomic E-state index is 13.0. The fraction of sp³-hybridized carbons (Fsp3) is 0.0556. The van der Waals surface area contributed by atoms with Gasteiger partial charge in [-0.3, -0.25) is 68.5 Å². The van der Waals surface area contributed by atoms with Crippen molar-refractivity contribution in [3.8, 4) is 11.5 Å². The molecule has 6 rings (SSSR count). The normalized spacial score (nSPS) is 14.6. The molecule has 0 saturated carbocycles. The van der Waals surface area contributed by atoms with E-state index in [1.807, 2.05) is 10.9 Å². The van der Waals surface area contributed by atoms with Crippen molar-refractivity contribution < 1.29 is 116 Å². The van der Waals surface area contributed by atoms with E-state index in [2.05, 4.69) is 20.8 Å². The summed E-state index contributed by atoms with van der Waals surface area (Å²) in [6, 6.07) is 9.57. The number of benzene rings is 4. The Morgan fingerprint density at radius 1 is 0.592 bits per heavy atom. The number of anilines is 4. The van der Waals surface area contributed by atoms with Crippen LogP contribution in [0, 0.1) is 20.2 Å². The second kappa shape index (κ2) is 20.6. The number of nitrogens with one attached hydrogen (secondary N) is 4. The Hall–Kier alpha value is -7.85. The maximum absolute atomic E-state index is 13.0. The van der Waals surface area contributed by atoms with Gasteiger partial charge in [0.05, 0.1) is 9.85 Å². The van der Waals surface area contributed by atoms with Gasteiger partial charge in [-0.15, -0.1) is 0 Å². The number of nitrogens with zero attached hydrogens (tertiary/aromatic N) is 4. The van der Waals surface area contributed by atoms with Crippen LogP contribution in [-0.2, 0) is 67.4 Å². The number of allylic oxidation sites excluding steroid dienone is 2. The number of non-ortho nitro benzene ring substituents is 1. The van der Waals surface area contributed by atoms with Gasteiger partial charge in [-0.1, -0.05) is 12.1 Å². The quantitative estimate of drug-likeness (QED) is 0.0421. The van der Waals surface area contributed by atoms with Gasteiger partial charge in [-0.05, 0) is 53.6 Å². The molecule has 35 heteroatoms. The minimum absolute atomic E-state index is 0. The summed E-state index contributed by atoms with van der Waals surface area (Å²) in [5.41, 5.74) is -1.47. The van der Waals surface area contributed by atoms with Crippen molar-refractivity contribution in [3.05, 3.63) is 113 Å². The number of phenols is 2. The standard InChI is InChI=1S/2C18H14N4O11S2.Cr/c1-8(23)19-10-3-2-9-4-15(35(31,32)33)16(17(24)12(9)5-10)21-20-13-6-11(34(28,29)30)7-14(18(13)25)22(26)27;1-8(23)19-10-3-2-9-4-14(34(28,29)30)16(17(24)12(9)5-10)21-20-13-6-11(22(26)27)7-15(18(13)25)35(31,32)33;/h2*2-7,20,25H,1H3,(H,19,23)(H,28,29,30)(H,31,32,33);/p+5/b;21-16+;. The molecule has 2 aliphatic carbocycles. The van der Waals surface area contributed by atoms with Crippen LogP contribution in [-0.4, -0.2) is 107 Å². The van der Waals surface area contributed by atoms with E-state index in [9.17, 15) is 102 Å². The van der Waals surface area contributed by atoms with Crippen LogP contribution < -0.4 is 21.5 Å². The first-order valence-corrected chi connectivity index (χ1v) is 23.9. The SMILES string of the molecule is CC(=O)Nc1ccc2c(c1)C(=O)/C(=N/Nc1cc([N+](=O)[O-])cc(S(=O)(=O)O)c1O)C(S(=O)(=O)O)=C2.CC(=O)Nc1ccc2c(c1)C(=O)C(=NNc1cc(S(=O)(=O)O)cc([N+](=O)[O-])c1O)C(S(=O)(=O)O)=C2.[Cr].[H+].[H+].[H+].[H+].[H+]. The van der Waals surface area contributed by atoms with E-state index in [0.717, 1.165) is 12.2 Å². The van der Waals surface area contributed by atoms with E-state index in [1.54, 1.807) is 0 Å². The molecule has 4 aromatic rings. The number of nitro benzene ring substituents is 2. The number of hydrogen-bond acceptors (Lipinski definition) is 22. The molecule has 0 bridgehead atoms. The van der Waals surface area contributed by atoms with E-state index in [0.29, 0.717) is 24.3 Å². The number of hydrogen-bond donors (Lipinski definition) is 10. The van der Waals surface area contributed by atoms with Crippen molar-refractivity contribution in [1.29, 1.82) is 0 Å². The second-order valence-electron chi connectivity index (χ2n) is 13.9. The Morgan fingerprint density at radius 3 is 1.37 bits per heavy atom. The maximum Gasteiger partial charge on any atom is 1.00 e. The predicted molar refractivity (Wildman–Crippen MR) is 246 cm³/mol. The number of carbonyl (C=O) groups excluding carboxylic acids is 4. The summed E-state index contributed by atoms with van der Waals surface area (Å²) in [4.78, 5) is 64.4. The van der Waals surface area contributed by atoms with Crippen molar-refractivity contribution in [2.75, 3.05) is 21.5 Å². The van der Waals surface area contributed by atoms with Gasteiger partial charge in [0.1, 0.15) is 31.0 Å². The van der Waals surface area contributed by atoms with Crippen LogP contribution >= 0.6 is 0 Å². The summed E-state index contributed by atoms with van der Waals surface area (Å²) in [6.45, 7) is 2.42. The van der Waals surface area contributed by atoms with Crippen molar-refractivity contribution >= 4 is 122 Å². The molecule has 0 atom stereocenters. The molecule has 0 aliphatic heterocycles. The smallest absolute Gasteiger partial charge is 0.504 e. The van der Waals surface area contributed by atoms with Gasteiger partial charge in [0.15, 0.2) is 17.2 Å². The minimum atomic E-state index is -5.15. The monoisotopic (exact) mass is 1110 g/mol. The van der Waals surface area contributed by atoms with E-state index in [1.165, 1.54) is 50.2 Å². The zero-order valence-electron chi connectivity index (χ0n) is 40.0. The summed E-state index contributed by atoms with van der Waals surface area (Å²) >= 11 is 0. The zero-order chi connectivity index (χ0) is 52.6. The van der Waals surface area contributed by atoms with Crippen molar-refractivity contribution in [2.24, 2.45) is 10.2 Å². The summed E-state index contributed by atoms with van der Waals surface area (Å²) in [6.07, 6.45) is 1.78. The molecule has 10 N–H and O–H groups in total. The molecule has 71 heavy (non-hydrogen) atoms. The van der Waals surface area contributed by atoms with Crippen LogP contribution in [0.4, 0.5) is 34.1 Å². The van der Waals surface area contributed by atoms with Gasteiger partial charge in [0.25, 0.3) is 46.2 Å². The van der Waals surface area contributed by atoms with E-state index in [-0.39, 0.29) is 58.1 Å². The number of aromatic hydroxyl groups is 2. The first kappa shape index (κ1) is 55.7. The molecule has 2 amide bonds. The Balaban J connectivity index is 0. The molecule has 0 saturated heterocycles. The number of hydrazone groups is 2. The van der Waals surface area contributed by atoms with Crippen molar-refractivity contribution in [1.82, 2.24) is 0 Å². The number of amides is 2. The van der Waals surface area contributed by atoms with Crippen LogP contribution in [0.5, 0.6) is 11.5 Å². The van der Waals surface area contributed by atoms with Crippen LogP contribution in [0.2, 0.25) is 0 Å². The average molecular weight is 1110 g/mol. The first-order valence-electron chi connectivity index (χ1n) is 18.2. The molecular weight excluding hydrogens is 1080 g/mol. The molecule has 0 unspecified atom stereocenters. The number of ketones is 2. The van der Waals surface area contributed by atoms with Crippen molar-refractivity contribution in [2.45, 2.75) is 23.6 Å². The van der Waals surface area contributed by atoms with E-state index < -0.39 is 139 Å². The van der Waals surface area contributed by atoms with Gasteiger partial charge in [-0.2, -0.15) is 43.9 Å². The molecule has 4 aromatic carbocycles. The number of nitro groups is 2. The van der Waals surface area contributed by atoms with Gasteiger partial charge in [0.2, 0.25) is 29.1 Å². The molecule has 0 heterocycles. The minimum Gasteiger partial charge on any atom is -0.504 e. The third-order valence-corrected chi connectivity index (χ3v) is 12.4. The third kappa shape index (κ3) is 12.9. The summed E-state index contributed by atoms with van der Waals surface area (Å²) in [7, 11) is -20.2. The summed E-state index contributed by atoms with van der Waals surface area (Å²) < 4.78 is 131. The number of phenolic OH excluding ortho intramolecular Hbond substituents is 2. The largest absolute Gasteiger partial charge is 1.00 e. The number of Topliss-reactive ketones (excluding diaryl/α,β-unsaturated/α-hetero) is 2. The first-order chi connectivity index (χ1) is 32.2. The van der Waals surface area contributed by atoms with E-state index in [4.69, 9.17) is 0 Å². The summed E-state index contributed by atoms with van der Waals surface area (Å²) in [5, 5.41) is 54.4. The molecule has 30 nitrogen and oxygen atoms in total. The zero-order valence-corrected chi connectivity index (χ0v) is 39.5. The molecule has 0 spiro atoms. The van der Waals surface area contributed by atoms with Crippen LogP contribution in [0.1, 0.15) is 52.8 Å². The molecule has 2 aliphatic rings. The second-order valence-corrected chi connectivity index (χ2v) is 19.5.